The Balaban J connectivity index is 2.32. The van der Waals surface area contributed by atoms with Crippen molar-refractivity contribution in [2.45, 2.75) is 25.3 Å². The number of rotatable bonds is 3. The molecule has 1 heterocycles. The number of amides is 1. The first-order valence-corrected chi connectivity index (χ1v) is 5.21. The van der Waals surface area contributed by atoms with Gasteiger partial charge in [-0.2, -0.15) is 0 Å². The highest BCUT2D eigenvalue weighted by Crippen LogP contribution is 2.20. The summed E-state index contributed by atoms with van der Waals surface area (Å²) in [6.07, 6.45) is 2.22. The molecule has 1 rings (SSSR count). The Labute approximate surface area is 86.0 Å². The molecule has 0 bridgehead atoms. The largest absolute Gasteiger partial charge is 0.358 e. The van der Waals surface area contributed by atoms with E-state index in [4.69, 9.17) is 0 Å². The molecule has 0 saturated carbocycles. The second-order valence-corrected chi connectivity index (χ2v) is 4.26. The summed E-state index contributed by atoms with van der Waals surface area (Å²) in [6.45, 7) is 4.79. The molecule has 4 heteroatoms. The SMILES string of the molecule is CNC(=O)CN1CCC(C)(NC)CC1. The second-order valence-electron chi connectivity index (χ2n) is 4.26. The molecule has 1 aliphatic rings. The molecule has 1 saturated heterocycles. The van der Waals surface area contributed by atoms with Crippen molar-refractivity contribution in [3.8, 4) is 0 Å². The highest BCUT2D eigenvalue weighted by Gasteiger charge is 2.28. The van der Waals surface area contributed by atoms with E-state index in [0.717, 1.165) is 25.9 Å². The fourth-order valence-corrected chi connectivity index (χ4v) is 1.74. The molecule has 0 aromatic heterocycles. The van der Waals surface area contributed by atoms with Crippen LogP contribution in [0.2, 0.25) is 0 Å². The number of carbonyl (C=O) groups is 1. The minimum Gasteiger partial charge on any atom is -0.358 e. The summed E-state index contributed by atoms with van der Waals surface area (Å²) in [7, 11) is 3.69. The van der Waals surface area contributed by atoms with Crippen LogP contribution in [0.25, 0.3) is 0 Å². The average molecular weight is 199 g/mol. The summed E-state index contributed by atoms with van der Waals surface area (Å²) in [6, 6.07) is 0. The first-order valence-electron chi connectivity index (χ1n) is 5.21. The lowest BCUT2D eigenvalue weighted by molar-refractivity contribution is -0.122. The Morgan fingerprint density at radius 2 is 1.93 bits per heavy atom. The average Bonchev–Trinajstić information content (AvgIpc) is 2.21. The summed E-state index contributed by atoms with van der Waals surface area (Å²) in [5.41, 5.74) is 0.263. The van der Waals surface area contributed by atoms with E-state index in [1.807, 2.05) is 7.05 Å². The molecule has 82 valence electrons. The van der Waals surface area contributed by atoms with Gasteiger partial charge in [0.1, 0.15) is 0 Å². The number of nitrogens with zero attached hydrogens (tertiary/aromatic N) is 1. The quantitative estimate of drug-likeness (QED) is 0.662. The van der Waals surface area contributed by atoms with Gasteiger partial charge in [0, 0.05) is 25.7 Å². The minimum atomic E-state index is 0.109. The van der Waals surface area contributed by atoms with Gasteiger partial charge in [0.2, 0.25) is 5.91 Å². The Bertz CT molecular complexity index is 198. The zero-order valence-corrected chi connectivity index (χ0v) is 9.39. The minimum absolute atomic E-state index is 0.109. The lowest BCUT2D eigenvalue weighted by atomic mass is 9.90. The van der Waals surface area contributed by atoms with Gasteiger partial charge in [-0.05, 0) is 26.8 Å². The van der Waals surface area contributed by atoms with E-state index in [9.17, 15) is 4.79 Å². The fraction of sp³-hybridized carbons (Fsp3) is 0.900. The van der Waals surface area contributed by atoms with E-state index in [-0.39, 0.29) is 11.4 Å². The first-order chi connectivity index (χ1) is 6.59. The summed E-state index contributed by atoms with van der Waals surface area (Å²) < 4.78 is 0. The maximum atomic E-state index is 11.1. The first kappa shape index (κ1) is 11.5. The highest BCUT2D eigenvalue weighted by molar-refractivity contribution is 5.77. The molecule has 0 aliphatic carbocycles. The number of hydrogen-bond donors (Lipinski definition) is 2. The van der Waals surface area contributed by atoms with Crippen molar-refractivity contribution in [1.82, 2.24) is 15.5 Å². The molecule has 2 N–H and O–H groups in total. The summed E-state index contributed by atoms with van der Waals surface area (Å²) in [4.78, 5) is 13.3. The van der Waals surface area contributed by atoms with Crippen molar-refractivity contribution in [2.75, 3.05) is 33.7 Å². The smallest absolute Gasteiger partial charge is 0.233 e. The van der Waals surface area contributed by atoms with Crippen LogP contribution >= 0.6 is 0 Å². The predicted octanol–water partition coefficient (Wildman–Crippen LogP) is -0.194. The molecule has 0 unspecified atom stereocenters. The summed E-state index contributed by atoms with van der Waals surface area (Å²) in [5.74, 6) is 0.109. The van der Waals surface area contributed by atoms with Gasteiger partial charge in [0.15, 0.2) is 0 Å². The summed E-state index contributed by atoms with van der Waals surface area (Å²) in [5, 5.41) is 5.99. The van der Waals surface area contributed by atoms with Crippen LogP contribution in [0, 0.1) is 0 Å². The van der Waals surface area contributed by atoms with Crippen LogP contribution in [-0.4, -0.2) is 50.1 Å². The van der Waals surface area contributed by atoms with Crippen molar-refractivity contribution in [3.63, 3.8) is 0 Å². The molecule has 0 atom stereocenters. The van der Waals surface area contributed by atoms with Gasteiger partial charge < -0.3 is 10.6 Å². The molecular formula is C10H21N3O. The van der Waals surface area contributed by atoms with E-state index >= 15 is 0 Å². The number of nitrogens with one attached hydrogen (secondary N) is 2. The molecule has 1 fully saturated rings. The number of carbonyl (C=O) groups excluding carboxylic acids is 1. The van der Waals surface area contributed by atoms with Crippen LogP contribution < -0.4 is 10.6 Å². The van der Waals surface area contributed by atoms with E-state index < -0.39 is 0 Å². The number of likely N-dealkylation sites (tertiary alicyclic amines) is 1. The second kappa shape index (κ2) is 4.75. The van der Waals surface area contributed by atoms with Gasteiger partial charge in [-0.15, -0.1) is 0 Å². The van der Waals surface area contributed by atoms with Crippen molar-refractivity contribution in [1.29, 1.82) is 0 Å². The highest BCUT2D eigenvalue weighted by atomic mass is 16.1. The Kier molecular flexibility index (Phi) is 3.89. The van der Waals surface area contributed by atoms with E-state index in [1.54, 1.807) is 7.05 Å². The zero-order valence-electron chi connectivity index (χ0n) is 9.39. The monoisotopic (exact) mass is 199 g/mol. The van der Waals surface area contributed by atoms with Gasteiger partial charge in [0.25, 0.3) is 0 Å². The van der Waals surface area contributed by atoms with Crippen molar-refractivity contribution in [2.24, 2.45) is 0 Å². The molecular weight excluding hydrogens is 178 g/mol. The number of piperidine rings is 1. The van der Waals surface area contributed by atoms with Gasteiger partial charge >= 0.3 is 0 Å². The molecule has 1 aliphatic heterocycles. The molecule has 0 aromatic rings. The predicted molar refractivity (Wildman–Crippen MR) is 57.2 cm³/mol. The third-order valence-electron chi connectivity index (χ3n) is 3.21. The topological polar surface area (TPSA) is 44.4 Å². The lowest BCUT2D eigenvalue weighted by Gasteiger charge is -2.38. The van der Waals surface area contributed by atoms with Crippen LogP contribution in [0.15, 0.2) is 0 Å². The van der Waals surface area contributed by atoms with Crippen molar-refractivity contribution < 1.29 is 4.79 Å². The third kappa shape index (κ3) is 2.96. The molecule has 0 aromatic carbocycles. The maximum absolute atomic E-state index is 11.1. The normalized spacial score (nSPS) is 21.9. The van der Waals surface area contributed by atoms with E-state index in [1.165, 1.54) is 0 Å². The van der Waals surface area contributed by atoms with Crippen LogP contribution in [0.1, 0.15) is 19.8 Å². The molecule has 0 spiro atoms. The standard InChI is InChI=1S/C10H21N3O/c1-10(12-3)4-6-13(7-5-10)8-9(14)11-2/h12H,4-8H2,1-3H3,(H,11,14). The molecule has 1 amide bonds. The lowest BCUT2D eigenvalue weighted by Crippen LogP contribution is -2.51. The Morgan fingerprint density at radius 1 is 1.36 bits per heavy atom. The Morgan fingerprint density at radius 3 is 2.36 bits per heavy atom. The summed E-state index contributed by atoms with van der Waals surface area (Å²) >= 11 is 0. The van der Waals surface area contributed by atoms with Crippen LogP contribution in [0.3, 0.4) is 0 Å². The molecule has 14 heavy (non-hydrogen) atoms. The van der Waals surface area contributed by atoms with Crippen LogP contribution in [0.5, 0.6) is 0 Å². The van der Waals surface area contributed by atoms with Crippen molar-refractivity contribution in [3.05, 3.63) is 0 Å². The fourth-order valence-electron chi connectivity index (χ4n) is 1.74. The number of likely N-dealkylation sites (N-methyl/N-ethyl adjacent to an activating group) is 1. The number of hydrogen-bond acceptors (Lipinski definition) is 3. The molecule has 0 radical (unpaired) electrons. The van der Waals surface area contributed by atoms with Gasteiger partial charge in [0.05, 0.1) is 6.54 Å². The van der Waals surface area contributed by atoms with Crippen molar-refractivity contribution >= 4 is 5.91 Å². The van der Waals surface area contributed by atoms with Crippen LogP contribution in [-0.2, 0) is 4.79 Å². The maximum Gasteiger partial charge on any atom is 0.233 e. The van der Waals surface area contributed by atoms with Gasteiger partial charge in [-0.1, -0.05) is 0 Å². The zero-order chi connectivity index (χ0) is 10.6. The van der Waals surface area contributed by atoms with E-state index in [0.29, 0.717) is 6.54 Å². The van der Waals surface area contributed by atoms with Crippen LogP contribution in [0.4, 0.5) is 0 Å². The Hall–Kier alpha value is -0.610. The van der Waals surface area contributed by atoms with Gasteiger partial charge in [-0.3, -0.25) is 9.69 Å². The third-order valence-corrected chi connectivity index (χ3v) is 3.21. The molecule has 4 nitrogen and oxygen atoms in total. The van der Waals surface area contributed by atoms with E-state index in [2.05, 4.69) is 22.5 Å². The van der Waals surface area contributed by atoms with Gasteiger partial charge in [-0.25, -0.2) is 0 Å².